The Labute approximate surface area is 171 Å². The van der Waals surface area contributed by atoms with Crippen LogP contribution in [0.2, 0.25) is 0 Å². The minimum Gasteiger partial charge on any atom is -0.343 e. The van der Waals surface area contributed by atoms with Crippen molar-refractivity contribution in [2.24, 2.45) is 0 Å². The molecule has 0 spiro atoms. The Morgan fingerprint density at radius 2 is 1.93 bits per heavy atom. The molecule has 1 amide bonds. The van der Waals surface area contributed by atoms with Crippen LogP contribution in [0, 0.1) is 13.8 Å². The van der Waals surface area contributed by atoms with Crippen LogP contribution >= 0.6 is 0 Å². The van der Waals surface area contributed by atoms with E-state index >= 15 is 0 Å². The second-order valence-corrected chi connectivity index (χ2v) is 7.72. The molecule has 7 nitrogen and oxygen atoms in total. The number of carbonyl (C=O) groups excluding carboxylic acids is 1. The summed E-state index contributed by atoms with van der Waals surface area (Å²) in [5.74, 6) is -0.0853. The first-order chi connectivity index (χ1) is 14.2. The molecule has 1 aliphatic rings. The van der Waals surface area contributed by atoms with Crippen LogP contribution in [0.4, 0.5) is 13.2 Å². The van der Waals surface area contributed by atoms with E-state index in [0.717, 1.165) is 16.3 Å². The average Bonchev–Trinajstić information content (AvgIpc) is 3.28. The summed E-state index contributed by atoms with van der Waals surface area (Å²) in [5.41, 5.74) is 1.28. The number of piperidine rings is 1. The summed E-state index contributed by atoms with van der Waals surface area (Å²) in [4.78, 5) is 18.7. The first-order valence-electron chi connectivity index (χ1n) is 9.93. The Bertz CT molecular complexity index is 1060. The molecule has 0 unspecified atom stereocenters. The topological polar surface area (TPSA) is 68.3 Å². The molecule has 0 aromatic carbocycles. The summed E-state index contributed by atoms with van der Waals surface area (Å²) < 4.78 is 43.2. The molecule has 4 heterocycles. The van der Waals surface area contributed by atoms with E-state index in [-0.39, 0.29) is 17.5 Å². The number of hydrogen-bond donors (Lipinski definition) is 0. The molecule has 4 rings (SSSR count). The Morgan fingerprint density at radius 1 is 1.20 bits per heavy atom. The number of hydrogen-bond acceptors (Lipinski definition) is 4. The lowest BCUT2D eigenvalue weighted by molar-refractivity contribution is -0.142. The molecule has 0 aliphatic carbocycles. The van der Waals surface area contributed by atoms with Crippen LogP contribution < -0.4 is 0 Å². The van der Waals surface area contributed by atoms with Crippen molar-refractivity contribution in [3.05, 3.63) is 47.2 Å². The molecule has 30 heavy (non-hydrogen) atoms. The molecule has 0 bridgehead atoms. The van der Waals surface area contributed by atoms with Crippen molar-refractivity contribution in [3.63, 3.8) is 0 Å². The second-order valence-electron chi connectivity index (χ2n) is 7.72. The number of nitrogens with zero attached hydrogens (tertiary/aromatic N) is 6. The van der Waals surface area contributed by atoms with Crippen molar-refractivity contribution in [2.45, 2.75) is 51.7 Å². The summed E-state index contributed by atoms with van der Waals surface area (Å²) in [7, 11) is 0. The molecule has 1 aliphatic heterocycles. The monoisotopic (exact) mass is 420 g/mol. The zero-order chi connectivity index (χ0) is 21.5. The Morgan fingerprint density at radius 3 is 2.57 bits per heavy atom. The van der Waals surface area contributed by atoms with E-state index in [9.17, 15) is 18.0 Å². The largest absolute Gasteiger partial charge is 0.433 e. The number of fused-ring (bicyclic) bond motifs is 1. The number of rotatable bonds is 4. The van der Waals surface area contributed by atoms with Crippen LogP contribution in [0.1, 0.15) is 48.0 Å². The van der Waals surface area contributed by atoms with Gasteiger partial charge in [-0.25, -0.2) is 9.50 Å². The summed E-state index contributed by atoms with van der Waals surface area (Å²) in [5, 5.41) is 8.10. The Kier molecular flexibility index (Phi) is 5.25. The first kappa shape index (κ1) is 20.4. The molecule has 10 heteroatoms. The van der Waals surface area contributed by atoms with Gasteiger partial charge in [0, 0.05) is 55.6 Å². The van der Waals surface area contributed by atoms with Gasteiger partial charge in [0.1, 0.15) is 5.69 Å². The summed E-state index contributed by atoms with van der Waals surface area (Å²) in [6.45, 7) is 5.11. The fourth-order valence-corrected chi connectivity index (χ4v) is 3.94. The van der Waals surface area contributed by atoms with Crippen LogP contribution in [-0.4, -0.2) is 48.3 Å². The number of aromatic nitrogens is 5. The zero-order valence-corrected chi connectivity index (χ0v) is 16.9. The van der Waals surface area contributed by atoms with Gasteiger partial charge in [0.05, 0.1) is 5.69 Å². The summed E-state index contributed by atoms with van der Waals surface area (Å²) in [6, 6.07) is 4.54. The van der Waals surface area contributed by atoms with Gasteiger partial charge in [-0.1, -0.05) is 0 Å². The third kappa shape index (κ3) is 4.03. The maximum Gasteiger partial charge on any atom is 0.433 e. The predicted molar refractivity (Wildman–Crippen MR) is 103 cm³/mol. The number of halogens is 3. The maximum atomic E-state index is 13.5. The molecular formula is C20H23F3N6O. The van der Waals surface area contributed by atoms with E-state index < -0.39 is 11.9 Å². The van der Waals surface area contributed by atoms with Crippen LogP contribution in [-0.2, 0) is 17.5 Å². The van der Waals surface area contributed by atoms with Gasteiger partial charge < -0.3 is 4.90 Å². The molecule has 0 atom stereocenters. The molecule has 3 aromatic heterocycles. The Balaban J connectivity index is 1.44. The number of carbonyl (C=O) groups is 1. The quantitative estimate of drug-likeness (QED) is 0.649. The van der Waals surface area contributed by atoms with Gasteiger partial charge in [-0.05, 0) is 38.8 Å². The lowest BCUT2D eigenvalue weighted by Gasteiger charge is -2.32. The number of aryl methyl sites for hydroxylation is 3. The highest BCUT2D eigenvalue weighted by molar-refractivity contribution is 5.76. The molecule has 1 saturated heterocycles. The molecule has 160 valence electrons. The highest BCUT2D eigenvalue weighted by Gasteiger charge is 2.36. The SMILES string of the molecule is Cc1cc2nc(C3CCN(C(=O)CCn4nccc4C)CC3)cc(C(F)(F)F)n2n1. The number of amides is 1. The van der Waals surface area contributed by atoms with E-state index in [0.29, 0.717) is 50.3 Å². The standard InChI is InChI=1S/C20H23F3N6O/c1-13-11-18-25-16(12-17(20(21,22)23)29(18)26-13)15-4-8-27(9-5-15)19(30)6-10-28-14(2)3-7-24-28/h3,7,11-12,15H,4-6,8-10H2,1-2H3. The van der Waals surface area contributed by atoms with E-state index in [1.807, 2.05) is 13.0 Å². The van der Waals surface area contributed by atoms with Crippen LogP contribution in [0.5, 0.6) is 0 Å². The van der Waals surface area contributed by atoms with Crippen LogP contribution in [0.3, 0.4) is 0 Å². The van der Waals surface area contributed by atoms with E-state index in [1.54, 1.807) is 28.8 Å². The maximum absolute atomic E-state index is 13.5. The zero-order valence-electron chi connectivity index (χ0n) is 16.9. The van der Waals surface area contributed by atoms with Gasteiger partial charge in [0.15, 0.2) is 5.65 Å². The highest BCUT2D eigenvalue weighted by atomic mass is 19.4. The lowest BCUT2D eigenvalue weighted by atomic mass is 9.92. The van der Waals surface area contributed by atoms with Crippen molar-refractivity contribution < 1.29 is 18.0 Å². The third-order valence-electron chi connectivity index (χ3n) is 5.59. The van der Waals surface area contributed by atoms with Gasteiger partial charge in [-0.2, -0.15) is 23.4 Å². The first-order valence-corrected chi connectivity index (χ1v) is 9.93. The van der Waals surface area contributed by atoms with E-state index in [2.05, 4.69) is 15.2 Å². The predicted octanol–water partition coefficient (Wildman–Crippen LogP) is 3.36. The summed E-state index contributed by atoms with van der Waals surface area (Å²) >= 11 is 0. The van der Waals surface area contributed by atoms with Crippen molar-refractivity contribution in [1.82, 2.24) is 29.3 Å². The highest BCUT2D eigenvalue weighted by Crippen LogP contribution is 2.34. The molecule has 0 radical (unpaired) electrons. The minimum atomic E-state index is -4.52. The van der Waals surface area contributed by atoms with Gasteiger partial charge in [0.2, 0.25) is 5.91 Å². The van der Waals surface area contributed by atoms with Crippen molar-refractivity contribution in [2.75, 3.05) is 13.1 Å². The van der Waals surface area contributed by atoms with Crippen molar-refractivity contribution >= 4 is 11.6 Å². The minimum absolute atomic E-state index is 0.0363. The molecule has 0 saturated carbocycles. The molecule has 1 fully saturated rings. The summed E-state index contributed by atoms with van der Waals surface area (Å²) in [6.07, 6.45) is -1.30. The van der Waals surface area contributed by atoms with Crippen molar-refractivity contribution in [1.29, 1.82) is 0 Å². The van der Waals surface area contributed by atoms with E-state index in [4.69, 9.17) is 0 Å². The van der Waals surface area contributed by atoms with Gasteiger partial charge in [-0.15, -0.1) is 0 Å². The van der Waals surface area contributed by atoms with Crippen LogP contribution in [0.15, 0.2) is 24.4 Å². The Hall–Kier alpha value is -2.91. The average molecular weight is 420 g/mol. The smallest absolute Gasteiger partial charge is 0.343 e. The second kappa shape index (κ2) is 7.73. The normalized spacial score (nSPS) is 15.8. The molecule has 3 aromatic rings. The van der Waals surface area contributed by atoms with Gasteiger partial charge >= 0.3 is 6.18 Å². The number of alkyl halides is 3. The van der Waals surface area contributed by atoms with Crippen molar-refractivity contribution in [3.8, 4) is 0 Å². The fraction of sp³-hybridized carbons (Fsp3) is 0.500. The molecular weight excluding hydrogens is 397 g/mol. The molecule has 0 N–H and O–H groups in total. The fourth-order valence-electron chi connectivity index (χ4n) is 3.94. The van der Waals surface area contributed by atoms with E-state index in [1.165, 1.54) is 0 Å². The lowest BCUT2D eigenvalue weighted by Crippen LogP contribution is -2.38. The van der Waals surface area contributed by atoms with Gasteiger partial charge in [0.25, 0.3) is 0 Å². The van der Waals surface area contributed by atoms with Crippen LogP contribution in [0.25, 0.3) is 5.65 Å². The third-order valence-corrected chi connectivity index (χ3v) is 5.59. The van der Waals surface area contributed by atoms with Gasteiger partial charge in [-0.3, -0.25) is 9.48 Å². The number of likely N-dealkylation sites (tertiary alicyclic amines) is 1.